The fraction of sp³-hybridized carbons (Fsp3) is 0.467. The Kier molecular flexibility index (Phi) is 6.85. The van der Waals surface area contributed by atoms with E-state index < -0.39 is 10.0 Å². The fourth-order valence-corrected chi connectivity index (χ4v) is 3.02. The summed E-state index contributed by atoms with van der Waals surface area (Å²) in [7, 11) is -1.92. The second kappa shape index (κ2) is 8.15. The number of nitrogens with one attached hydrogen (secondary N) is 1. The first-order chi connectivity index (χ1) is 9.90. The lowest BCUT2D eigenvalue weighted by Gasteiger charge is -2.12. The van der Waals surface area contributed by atoms with Crippen molar-refractivity contribution in [1.82, 2.24) is 4.72 Å². The molecular weight excluding hydrogens is 288 g/mol. The number of hydrogen-bond acceptors (Lipinski definition) is 4. The van der Waals surface area contributed by atoms with Crippen molar-refractivity contribution in [3.8, 4) is 11.8 Å². The van der Waals surface area contributed by atoms with Crippen LogP contribution in [0.15, 0.2) is 23.1 Å². The molecule has 1 rings (SSSR count). The normalized spacial score (nSPS) is 12.6. The standard InChI is InChI=1S/C15H22N2O3S/c1-12(11-20-3)10-17-21(18,19)15-7-6-14(5-4-8-16)13(2)9-15/h6-7,9,12,17H,8,10-11,16H2,1-3H3. The molecule has 3 N–H and O–H groups in total. The van der Waals surface area contributed by atoms with Crippen molar-refractivity contribution in [1.29, 1.82) is 0 Å². The highest BCUT2D eigenvalue weighted by molar-refractivity contribution is 7.89. The highest BCUT2D eigenvalue weighted by Gasteiger charge is 2.15. The van der Waals surface area contributed by atoms with Gasteiger partial charge in [-0.05, 0) is 36.6 Å². The van der Waals surface area contributed by atoms with Crippen LogP contribution >= 0.6 is 0 Å². The minimum absolute atomic E-state index is 0.112. The SMILES string of the molecule is COCC(C)CNS(=O)(=O)c1ccc(C#CCN)c(C)c1. The number of rotatable bonds is 6. The Morgan fingerprint density at radius 1 is 1.43 bits per heavy atom. The summed E-state index contributed by atoms with van der Waals surface area (Å²) >= 11 is 0. The van der Waals surface area contributed by atoms with Crippen molar-refractivity contribution in [2.24, 2.45) is 11.7 Å². The second-order valence-corrected chi connectivity index (χ2v) is 6.66. The number of benzene rings is 1. The van der Waals surface area contributed by atoms with Gasteiger partial charge in [0, 0.05) is 25.8 Å². The molecule has 0 amide bonds. The molecule has 1 unspecified atom stereocenters. The van der Waals surface area contributed by atoms with Gasteiger partial charge in [0.25, 0.3) is 0 Å². The Hall–Kier alpha value is -1.39. The maximum absolute atomic E-state index is 12.2. The molecule has 116 valence electrons. The molecule has 0 aliphatic heterocycles. The summed E-state index contributed by atoms with van der Waals surface area (Å²) in [6.07, 6.45) is 0. The van der Waals surface area contributed by atoms with E-state index in [9.17, 15) is 8.42 Å². The summed E-state index contributed by atoms with van der Waals surface area (Å²) < 4.78 is 32.0. The average molecular weight is 310 g/mol. The van der Waals surface area contributed by atoms with Crippen LogP contribution in [0.3, 0.4) is 0 Å². The van der Waals surface area contributed by atoms with Gasteiger partial charge in [-0.15, -0.1) is 0 Å². The average Bonchev–Trinajstić information content (AvgIpc) is 2.44. The molecule has 0 aliphatic rings. The molecule has 21 heavy (non-hydrogen) atoms. The van der Waals surface area contributed by atoms with E-state index in [0.29, 0.717) is 13.2 Å². The lowest BCUT2D eigenvalue weighted by Crippen LogP contribution is -2.30. The Labute approximate surface area is 126 Å². The molecule has 0 saturated heterocycles. The third kappa shape index (κ3) is 5.48. The minimum Gasteiger partial charge on any atom is -0.384 e. The van der Waals surface area contributed by atoms with Crippen LogP contribution in [-0.4, -0.2) is 35.2 Å². The van der Waals surface area contributed by atoms with Crippen LogP contribution < -0.4 is 10.5 Å². The van der Waals surface area contributed by atoms with Crippen molar-refractivity contribution in [3.63, 3.8) is 0 Å². The molecule has 5 nitrogen and oxygen atoms in total. The van der Waals surface area contributed by atoms with Crippen molar-refractivity contribution in [2.75, 3.05) is 26.8 Å². The van der Waals surface area contributed by atoms with Gasteiger partial charge in [-0.1, -0.05) is 18.8 Å². The number of ether oxygens (including phenoxy) is 1. The van der Waals surface area contributed by atoms with Crippen molar-refractivity contribution in [2.45, 2.75) is 18.7 Å². The van der Waals surface area contributed by atoms with E-state index in [4.69, 9.17) is 10.5 Å². The summed E-state index contributed by atoms with van der Waals surface area (Å²) in [5, 5.41) is 0. The van der Waals surface area contributed by atoms with Crippen LogP contribution in [0.25, 0.3) is 0 Å². The molecule has 1 atom stereocenters. The van der Waals surface area contributed by atoms with Crippen molar-refractivity contribution < 1.29 is 13.2 Å². The van der Waals surface area contributed by atoms with Crippen LogP contribution in [0.5, 0.6) is 0 Å². The van der Waals surface area contributed by atoms with E-state index in [2.05, 4.69) is 16.6 Å². The van der Waals surface area contributed by atoms with Gasteiger partial charge in [-0.25, -0.2) is 13.1 Å². The molecule has 0 saturated carbocycles. The summed E-state index contributed by atoms with van der Waals surface area (Å²) in [6, 6.07) is 4.87. The van der Waals surface area contributed by atoms with Gasteiger partial charge >= 0.3 is 0 Å². The maximum Gasteiger partial charge on any atom is 0.240 e. The van der Waals surface area contributed by atoms with E-state index in [1.54, 1.807) is 25.3 Å². The van der Waals surface area contributed by atoms with Gasteiger partial charge in [-0.3, -0.25) is 0 Å². The summed E-state index contributed by atoms with van der Waals surface area (Å²) in [5.74, 6) is 5.78. The first-order valence-corrected chi connectivity index (χ1v) is 8.17. The van der Waals surface area contributed by atoms with E-state index in [1.165, 1.54) is 0 Å². The van der Waals surface area contributed by atoms with Gasteiger partial charge in [0.1, 0.15) is 0 Å². The predicted octanol–water partition coefficient (Wildman–Crippen LogP) is 0.866. The third-order valence-electron chi connectivity index (χ3n) is 2.91. The van der Waals surface area contributed by atoms with Crippen LogP contribution in [0.2, 0.25) is 0 Å². The maximum atomic E-state index is 12.2. The first-order valence-electron chi connectivity index (χ1n) is 6.69. The monoisotopic (exact) mass is 310 g/mol. The second-order valence-electron chi connectivity index (χ2n) is 4.90. The zero-order chi connectivity index (χ0) is 15.9. The van der Waals surface area contributed by atoms with Gasteiger partial charge in [0.2, 0.25) is 10.0 Å². The Bertz CT molecular complexity index is 630. The number of hydrogen-bond donors (Lipinski definition) is 2. The Balaban J connectivity index is 2.87. The number of methoxy groups -OCH3 is 1. The largest absolute Gasteiger partial charge is 0.384 e. The van der Waals surface area contributed by atoms with E-state index >= 15 is 0 Å². The molecule has 0 radical (unpaired) electrons. The highest BCUT2D eigenvalue weighted by Crippen LogP contribution is 2.15. The highest BCUT2D eigenvalue weighted by atomic mass is 32.2. The smallest absolute Gasteiger partial charge is 0.240 e. The summed E-state index contributed by atoms with van der Waals surface area (Å²) in [6.45, 7) is 4.87. The van der Waals surface area contributed by atoms with Crippen LogP contribution in [0.4, 0.5) is 0 Å². The quantitative estimate of drug-likeness (QED) is 0.764. The van der Waals surface area contributed by atoms with Crippen LogP contribution in [0, 0.1) is 24.7 Å². The molecule has 0 heterocycles. The van der Waals surface area contributed by atoms with Crippen LogP contribution in [0.1, 0.15) is 18.1 Å². The van der Waals surface area contributed by atoms with Crippen LogP contribution in [-0.2, 0) is 14.8 Å². The number of nitrogens with two attached hydrogens (primary N) is 1. The van der Waals surface area contributed by atoms with Gasteiger partial charge in [0.15, 0.2) is 0 Å². The Morgan fingerprint density at radius 2 is 2.14 bits per heavy atom. The predicted molar refractivity (Wildman–Crippen MR) is 83.3 cm³/mol. The molecule has 0 aromatic heterocycles. The molecular formula is C15H22N2O3S. The summed E-state index contributed by atoms with van der Waals surface area (Å²) in [5.41, 5.74) is 6.92. The lowest BCUT2D eigenvalue weighted by atomic mass is 10.1. The molecule has 1 aromatic carbocycles. The topological polar surface area (TPSA) is 81.4 Å². The number of sulfonamides is 1. The number of aryl methyl sites for hydroxylation is 1. The fourth-order valence-electron chi connectivity index (χ4n) is 1.77. The minimum atomic E-state index is -3.51. The zero-order valence-electron chi connectivity index (χ0n) is 12.6. The van der Waals surface area contributed by atoms with E-state index in [0.717, 1.165) is 11.1 Å². The van der Waals surface area contributed by atoms with Gasteiger partial charge in [-0.2, -0.15) is 0 Å². The van der Waals surface area contributed by atoms with Gasteiger partial charge in [0.05, 0.1) is 11.4 Å². The Morgan fingerprint density at radius 3 is 2.71 bits per heavy atom. The van der Waals surface area contributed by atoms with Gasteiger partial charge < -0.3 is 10.5 Å². The molecule has 0 fully saturated rings. The van der Waals surface area contributed by atoms with E-state index in [-0.39, 0.29) is 17.4 Å². The zero-order valence-corrected chi connectivity index (χ0v) is 13.5. The van der Waals surface area contributed by atoms with Crippen molar-refractivity contribution >= 4 is 10.0 Å². The van der Waals surface area contributed by atoms with Crippen molar-refractivity contribution in [3.05, 3.63) is 29.3 Å². The van der Waals surface area contributed by atoms with E-state index in [1.807, 2.05) is 13.8 Å². The molecule has 0 spiro atoms. The molecule has 1 aromatic rings. The third-order valence-corrected chi connectivity index (χ3v) is 4.33. The summed E-state index contributed by atoms with van der Waals surface area (Å²) in [4.78, 5) is 0.239. The molecule has 6 heteroatoms. The first kappa shape index (κ1) is 17.7. The molecule has 0 bridgehead atoms. The molecule has 0 aliphatic carbocycles. The lowest BCUT2D eigenvalue weighted by molar-refractivity contribution is 0.161.